The van der Waals surface area contributed by atoms with Crippen LogP contribution in [0.5, 0.6) is 0 Å². The Balaban J connectivity index is 1.14. The fourth-order valence-electron chi connectivity index (χ4n) is 5.32. The Morgan fingerprint density at radius 1 is 0.951 bits per heavy atom. The largest absolute Gasteiger partial charge is 0.339 e. The molecule has 2 aliphatic heterocycles. The molecule has 3 N–H and O–H groups in total. The van der Waals surface area contributed by atoms with Gasteiger partial charge in [0.15, 0.2) is 5.82 Å². The summed E-state index contributed by atoms with van der Waals surface area (Å²) >= 11 is 6.38. The van der Waals surface area contributed by atoms with E-state index in [4.69, 9.17) is 11.6 Å². The molecule has 0 spiro atoms. The third-order valence-electron chi connectivity index (χ3n) is 7.52. The van der Waals surface area contributed by atoms with Gasteiger partial charge in [0.1, 0.15) is 5.02 Å². The number of nitrogens with zero attached hydrogens (tertiary/aromatic N) is 4. The Morgan fingerprint density at radius 3 is 2.61 bits per heavy atom. The molecule has 2 aromatic carbocycles. The maximum absolute atomic E-state index is 13.2. The summed E-state index contributed by atoms with van der Waals surface area (Å²) in [6.45, 7) is 1.32. The molecule has 41 heavy (non-hydrogen) atoms. The predicted octanol–water partition coefficient (Wildman–Crippen LogP) is 5.99. The number of carbonyl (C=O) groups excluding carboxylic acids is 2. The molecule has 2 aromatic heterocycles. The first-order chi connectivity index (χ1) is 20.0. The van der Waals surface area contributed by atoms with Crippen LogP contribution in [0.25, 0.3) is 0 Å². The van der Waals surface area contributed by atoms with Crippen molar-refractivity contribution in [2.24, 2.45) is 5.92 Å². The lowest BCUT2D eigenvalue weighted by Gasteiger charge is -2.32. The first-order valence-electron chi connectivity index (χ1n) is 13.8. The number of carbonyl (C=O) groups is 2. The average Bonchev–Trinajstić information content (AvgIpc) is 2.99. The van der Waals surface area contributed by atoms with Gasteiger partial charge in [0.05, 0.1) is 18.1 Å². The summed E-state index contributed by atoms with van der Waals surface area (Å²) in [6, 6.07) is 17.2. The maximum Gasteiger partial charge on any atom is 0.253 e. The summed E-state index contributed by atoms with van der Waals surface area (Å²) < 4.78 is 0. The van der Waals surface area contributed by atoms with E-state index in [9.17, 15) is 9.59 Å². The number of likely N-dealkylation sites (tertiary alicyclic amines) is 1. The molecule has 6 rings (SSSR count). The highest BCUT2D eigenvalue weighted by Crippen LogP contribution is 2.30. The number of hydrogen-bond acceptors (Lipinski definition) is 7. The van der Waals surface area contributed by atoms with Gasteiger partial charge in [0.2, 0.25) is 11.9 Å². The van der Waals surface area contributed by atoms with Crippen LogP contribution in [0.2, 0.25) is 5.02 Å². The van der Waals surface area contributed by atoms with Crippen molar-refractivity contribution in [3.05, 3.63) is 94.9 Å². The SMILES string of the molecule is O=C(CC1CCN(C(=O)c2ccccc2)CC1)Nc1ccc2cc1CCc1cncc(c1)Nc1ncc(Cl)c(n1)N2. The van der Waals surface area contributed by atoms with Crippen LogP contribution in [0.15, 0.2) is 73.2 Å². The van der Waals surface area contributed by atoms with Crippen LogP contribution < -0.4 is 16.0 Å². The van der Waals surface area contributed by atoms with E-state index in [-0.39, 0.29) is 17.7 Å². The zero-order valence-corrected chi connectivity index (χ0v) is 23.2. The van der Waals surface area contributed by atoms with Gasteiger partial charge >= 0.3 is 0 Å². The van der Waals surface area contributed by atoms with E-state index in [0.29, 0.717) is 48.3 Å². The quantitative estimate of drug-likeness (QED) is 0.277. The summed E-state index contributed by atoms with van der Waals surface area (Å²) in [5.74, 6) is 1.16. The molecule has 1 fully saturated rings. The van der Waals surface area contributed by atoms with E-state index in [0.717, 1.165) is 47.5 Å². The van der Waals surface area contributed by atoms with E-state index in [1.165, 1.54) is 0 Å². The van der Waals surface area contributed by atoms with Crippen LogP contribution in [-0.4, -0.2) is 44.8 Å². The van der Waals surface area contributed by atoms with E-state index >= 15 is 0 Å². The number of benzene rings is 2. The van der Waals surface area contributed by atoms with Crippen molar-refractivity contribution in [2.75, 3.05) is 29.0 Å². The molecule has 10 heteroatoms. The summed E-state index contributed by atoms with van der Waals surface area (Å²) in [4.78, 5) is 41.0. The van der Waals surface area contributed by atoms with E-state index in [1.54, 1.807) is 12.4 Å². The second-order valence-corrected chi connectivity index (χ2v) is 10.9. The van der Waals surface area contributed by atoms with Gasteiger partial charge in [-0.1, -0.05) is 29.8 Å². The van der Waals surface area contributed by atoms with Crippen molar-refractivity contribution in [1.82, 2.24) is 19.9 Å². The molecular weight excluding hydrogens is 538 g/mol. The van der Waals surface area contributed by atoms with Gasteiger partial charge in [0.25, 0.3) is 5.91 Å². The number of fused-ring (bicyclic) bond motifs is 6. The molecule has 208 valence electrons. The minimum absolute atomic E-state index is 0.0194. The van der Waals surface area contributed by atoms with Crippen LogP contribution >= 0.6 is 11.6 Å². The molecule has 2 aliphatic rings. The van der Waals surface area contributed by atoms with Gasteiger partial charge < -0.3 is 20.9 Å². The second kappa shape index (κ2) is 11.9. The number of halogens is 1. The highest BCUT2D eigenvalue weighted by Gasteiger charge is 2.25. The van der Waals surface area contributed by atoms with Crippen LogP contribution in [0.4, 0.5) is 28.8 Å². The maximum atomic E-state index is 13.2. The van der Waals surface area contributed by atoms with Gasteiger partial charge in [-0.05, 0) is 79.1 Å². The Bertz CT molecular complexity index is 1570. The number of aromatic nitrogens is 3. The first-order valence-corrected chi connectivity index (χ1v) is 14.2. The van der Waals surface area contributed by atoms with Crippen LogP contribution in [0.3, 0.4) is 0 Å². The van der Waals surface area contributed by atoms with Gasteiger partial charge in [-0.25, -0.2) is 4.98 Å². The molecule has 0 saturated carbocycles. The Kier molecular flexibility index (Phi) is 7.78. The average molecular weight is 568 g/mol. The molecule has 1 saturated heterocycles. The zero-order valence-electron chi connectivity index (χ0n) is 22.4. The summed E-state index contributed by atoms with van der Waals surface area (Å²) in [5, 5.41) is 10.0. The van der Waals surface area contributed by atoms with Crippen molar-refractivity contribution in [2.45, 2.75) is 32.1 Å². The minimum atomic E-state index is -0.0194. The first kappa shape index (κ1) is 26.7. The van der Waals surface area contributed by atoms with E-state index in [2.05, 4.69) is 30.9 Å². The monoisotopic (exact) mass is 567 g/mol. The summed E-state index contributed by atoms with van der Waals surface area (Å²) in [7, 11) is 0. The molecule has 4 heterocycles. The summed E-state index contributed by atoms with van der Waals surface area (Å²) in [5.41, 5.74) is 5.13. The highest BCUT2D eigenvalue weighted by molar-refractivity contribution is 6.32. The van der Waals surface area contributed by atoms with Gasteiger partial charge in [-0.2, -0.15) is 4.98 Å². The molecule has 6 bridgehead atoms. The van der Waals surface area contributed by atoms with Crippen LogP contribution in [0.1, 0.15) is 40.7 Å². The number of aryl methyl sites for hydroxylation is 2. The Labute approximate surface area is 243 Å². The van der Waals surface area contributed by atoms with Crippen molar-refractivity contribution >= 4 is 52.2 Å². The normalized spacial score (nSPS) is 14.9. The standard InChI is InChI=1S/C31H30ClN7O2/c32-26-19-34-31-36-25-14-21(17-33-18-25)6-7-23-16-24(35-29(26)38-31)8-9-27(23)37-28(40)15-20-10-12-39(13-11-20)30(41)22-4-2-1-3-5-22/h1-5,8-9,14,16-20H,6-7,10-13,15H2,(H,37,40)(H2,34,35,36,38). The van der Waals surface area contributed by atoms with E-state index < -0.39 is 0 Å². The molecular formula is C31H30ClN7O2. The number of rotatable bonds is 4. The minimum Gasteiger partial charge on any atom is -0.339 e. The highest BCUT2D eigenvalue weighted by atomic mass is 35.5. The van der Waals surface area contributed by atoms with Crippen molar-refractivity contribution in [3.8, 4) is 0 Å². The number of anilines is 5. The van der Waals surface area contributed by atoms with Crippen molar-refractivity contribution in [1.29, 1.82) is 0 Å². The number of pyridine rings is 1. The molecule has 0 unspecified atom stereocenters. The Hall–Kier alpha value is -4.50. The second-order valence-electron chi connectivity index (χ2n) is 10.4. The van der Waals surface area contributed by atoms with Crippen molar-refractivity contribution in [3.63, 3.8) is 0 Å². The third kappa shape index (κ3) is 6.47. The number of piperidine rings is 1. The number of amides is 2. The smallest absolute Gasteiger partial charge is 0.253 e. The molecule has 0 aliphatic carbocycles. The fraction of sp³-hybridized carbons (Fsp3) is 0.258. The van der Waals surface area contributed by atoms with Crippen molar-refractivity contribution < 1.29 is 9.59 Å². The molecule has 0 atom stereocenters. The third-order valence-corrected chi connectivity index (χ3v) is 7.79. The summed E-state index contributed by atoms with van der Waals surface area (Å²) in [6.07, 6.45) is 8.59. The Morgan fingerprint density at radius 2 is 1.78 bits per heavy atom. The molecule has 4 aromatic rings. The van der Waals surface area contributed by atoms with Gasteiger partial charge in [-0.15, -0.1) is 0 Å². The number of hydrogen-bond donors (Lipinski definition) is 3. The number of nitrogens with one attached hydrogen (secondary N) is 3. The van der Waals surface area contributed by atoms with Gasteiger partial charge in [-0.3, -0.25) is 14.6 Å². The molecule has 9 nitrogen and oxygen atoms in total. The lowest BCUT2D eigenvalue weighted by atomic mass is 9.92. The van der Waals surface area contributed by atoms with E-state index in [1.807, 2.05) is 65.7 Å². The molecule has 2 amide bonds. The lowest BCUT2D eigenvalue weighted by Crippen LogP contribution is -2.39. The molecule has 0 radical (unpaired) electrons. The topological polar surface area (TPSA) is 112 Å². The lowest BCUT2D eigenvalue weighted by molar-refractivity contribution is -0.117. The van der Waals surface area contributed by atoms with Crippen LogP contribution in [-0.2, 0) is 17.6 Å². The van der Waals surface area contributed by atoms with Gasteiger partial charge in [0, 0.05) is 42.6 Å². The predicted molar refractivity (Wildman–Crippen MR) is 160 cm³/mol. The fourth-order valence-corrected chi connectivity index (χ4v) is 5.46. The zero-order chi connectivity index (χ0) is 28.2. The van der Waals surface area contributed by atoms with Crippen LogP contribution in [0, 0.1) is 5.92 Å².